The molecule has 5 heteroatoms. The van der Waals surface area contributed by atoms with Crippen LogP contribution in [-0.2, 0) is 9.84 Å². The van der Waals surface area contributed by atoms with E-state index in [1.165, 1.54) is 0 Å². The van der Waals surface area contributed by atoms with Crippen molar-refractivity contribution in [2.24, 2.45) is 5.73 Å². The number of nitrogens with two attached hydrogens (primary N) is 1. The molecule has 0 radical (unpaired) electrons. The summed E-state index contributed by atoms with van der Waals surface area (Å²) in [5, 5.41) is 0. The number of thioether (sulfide) groups is 1. The Balaban J connectivity index is 2.11. The zero-order valence-electron chi connectivity index (χ0n) is 10.1. The summed E-state index contributed by atoms with van der Waals surface area (Å²) in [6, 6.07) is 7.42. The van der Waals surface area contributed by atoms with E-state index in [4.69, 9.17) is 5.73 Å². The van der Waals surface area contributed by atoms with Crippen LogP contribution in [0.4, 0.5) is 0 Å². The maximum atomic E-state index is 12.2. The Morgan fingerprint density at radius 1 is 1.39 bits per heavy atom. The van der Waals surface area contributed by atoms with Crippen molar-refractivity contribution in [3.05, 3.63) is 29.8 Å². The predicted octanol–water partition coefficient (Wildman–Crippen LogP) is 1.78. The molecule has 1 aromatic carbocycles. The van der Waals surface area contributed by atoms with Crippen molar-refractivity contribution in [3.63, 3.8) is 0 Å². The first-order valence-electron chi connectivity index (χ1n) is 6.25. The van der Waals surface area contributed by atoms with Gasteiger partial charge in [-0.05, 0) is 30.2 Å². The predicted molar refractivity (Wildman–Crippen MR) is 74.7 cm³/mol. The highest BCUT2D eigenvalue weighted by Crippen LogP contribution is 2.52. The van der Waals surface area contributed by atoms with E-state index in [9.17, 15) is 8.42 Å². The normalized spacial score (nSPS) is 33.5. The lowest BCUT2D eigenvalue weighted by Crippen LogP contribution is -2.39. The Hall–Kier alpha value is -0.520. The molecule has 1 fully saturated rings. The third-order valence-electron chi connectivity index (χ3n) is 4.13. The lowest BCUT2D eigenvalue weighted by atomic mass is 9.84. The molecule has 1 aromatic rings. The highest BCUT2D eigenvalue weighted by molar-refractivity contribution is 8.01. The van der Waals surface area contributed by atoms with E-state index in [1.807, 2.05) is 23.9 Å². The van der Waals surface area contributed by atoms with Crippen LogP contribution < -0.4 is 5.73 Å². The number of sulfone groups is 1. The third kappa shape index (κ3) is 1.72. The molecule has 2 heterocycles. The van der Waals surface area contributed by atoms with Crippen molar-refractivity contribution in [1.29, 1.82) is 0 Å². The SMILES string of the molecule is NCC1(C2CS(=O)(=O)c3ccccc32)CCCS1. The van der Waals surface area contributed by atoms with Gasteiger partial charge in [-0.15, -0.1) is 0 Å². The fourth-order valence-corrected chi connectivity index (χ4v) is 6.77. The minimum atomic E-state index is -3.11. The first-order valence-corrected chi connectivity index (χ1v) is 8.89. The lowest BCUT2D eigenvalue weighted by Gasteiger charge is -2.33. The number of fused-ring (bicyclic) bond motifs is 1. The van der Waals surface area contributed by atoms with E-state index in [0.29, 0.717) is 11.4 Å². The largest absolute Gasteiger partial charge is 0.329 e. The third-order valence-corrected chi connectivity index (χ3v) is 7.67. The molecule has 3 rings (SSSR count). The van der Waals surface area contributed by atoms with E-state index in [-0.39, 0.29) is 16.4 Å². The fourth-order valence-electron chi connectivity index (χ4n) is 3.18. The first kappa shape index (κ1) is 12.5. The van der Waals surface area contributed by atoms with Crippen LogP contribution in [0.5, 0.6) is 0 Å². The van der Waals surface area contributed by atoms with Crippen LogP contribution in [-0.4, -0.2) is 31.2 Å². The van der Waals surface area contributed by atoms with E-state index < -0.39 is 9.84 Å². The smallest absolute Gasteiger partial charge is 0.179 e. The van der Waals surface area contributed by atoms with E-state index >= 15 is 0 Å². The molecule has 0 saturated carbocycles. The van der Waals surface area contributed by atoms with Crippen molar-refractivity contribution < 1.29 is 8.42 Å². The summed E-state index contributed by atoms with van der Waals surface area (Å²) in [4.78, 5) is 0.523. The second-order valence-electron chi connectivity index (χ2n) is 5.09. The van der Waals surface area contributed by atoms with Crippen LogP contribution in [0.1, 0.15) is 24.3 Å². The Bertz CT molecular complexity index is 562. The Morgan fingerprint density at radius 2 is 2.17 bits per heavy atom. The quantitative estimate of drug-likeness (QED) is 0.899. The van der Waals surface area contributed by atoms with Gasteiger partial charge in [0.15, 0.2) is 9.84 Å². The minimum Gasteiger partial charge on any atom is -0.329 e. The zero-order chi connectivity index (χ0) is 12.8. The number of hydrogen-bond donors (Lipinski definition) is 1. The average molecular weight is 283 g/mol. The van der Waals surface area contributed by atoms with Gasteiger partial charge in [0.25, 0.3) is 0 Å². The van der Waals surface area contributed by atoms with Gasteiger partial charge in [0.2, 0.25) is 0 Å². The van der Waals surface area contributed by atoms with Gasteiger partial charge < -0.3 is 5.73 Å². The number of hydrogen-bond acceptors (Lipinski definition) is 4. The molecule has 0 aromatic heterocycles. The monoisotopic (exact) mass is 283 g/mol. The van der Waals surface area contributed by atoms with E-state index in [0.717, 1.165) is 24.2 Å². The van der Waals surface area contributed by atoms with Gasteiger partial charge in [0.05, 0.1) is 10.6 Å². The van der Waals surface area contributed by atoms with E-state index in [2.05, 4.69) is 0 Å². The van der Waals surface area contributed by atoms with Gasteiger partial charge in [-0.2, -0.15) is 11.8 Å². The first-order chi connectivity index (χ1) is 8.59. The Labute approximate surface area is 112 Å². The van der Waals surface area contributed by atoms with Gasteiger partial charge in [0.1, 0.15) is 0 Å². The van der Waals surface area contributed by atoms with Crippen molar-refractivity contribution in [1.82, 2.24) is 0 Å². The molecule has 3 nitrogen and oxygen atoms in total. The van der Waals surface area contributed by atoms with Crippen LogP contribution in [0.3, 0.4) is 0 Å². The fraction of sp³-hybridized carbons (Fsp3) is 0.538. The molecule has 98 valence electrons. The molecule has 18 heavy (non-hydrogen) atoms. The van der Waals surface area contributed by atoms with Gasteiger partial charge in [-0.3, -0.25) is 0 Å². The molecule has 0 aliphatic carbocycles. The number of rotatable bonds is 2. The average Bonchev–Trinajstić information content (AvgIpc) is 2.94. The molecule has 0 bridgehead atoms. The highest BCUT2D eigenvalue weighted by atomic mass is 32.2. The molecule has 2 unspecified atom stereocenters. The molecule has 1 saturated heterocycles. The Kier molecular flexibility index (Phi) is 2.95. The van der Waals surface area contributed by atoms with Gasteiger partial charge in [-0.25, -0.2) is 8.42 Å². The molecular weight excluding hydrogens is 266 g/mol. The summed E-state index contributed by atoms with van der Waals surface area (Å²) in [5.74, 6) is 1.39. The summed E-state index contributed by atoms with van der Waals surface area (Å²) in [7, 11) is -3.11. The summed E-state index contributed by atoms with van der Waals surface area (Å²) >= 11 is 1.86. The highest BCUT2D eigenvalue weighted by Gasteiger charge is 2.48. The number of benzene rings is 1. The van der Waals surface area contributed by atoms with Crippen LogP contribution in [0.15, 0.2) is 29.2 Å². The van der Waals surface area contributed by atoms with Crippen molar-refractivity contribution in [3.8, 4) is 0 Å². The zero-order valence-corrected chi connectivity index (χ0v) is 11.8. The van der Waals surface area contributed by atoms with Gasteiger partial charge >= 0.3 is 0 Å². The van der Waals surface area contributed by atoms with Crippen LogP contribution >= 0.6 is 11.8 Å². The standard InChI is InChI=1S/C13H17NO2S2/c14-9-13(6-3-7-17-13)11-8-18(15,16)12-5-2-1-4-10(11)12/h1-2,4-5,11H,3,6-9,14H2. The topological polar surface area (TPSA) is 60.2 Å². The summed E-state index contributed by atoms with van der Waals surface area (Å²) in [6.45, 7) is 0.562. The summed E-state index contributed by atoms with van der Waals surface area (Å²) in [5.41, 5.74) is 6.96. The maximum Gasteiger partial charge on any atom is 0.179 e. The van der Waals surface area contributed by atoms with Gasteiger partial charge in [-0.1, -0.05) is 18.2 Å². The Morgan fingerprint density at radius 3 is 2.83 bits per heavy atom. The second kappa shape index (κ2) is 4.25. The maximum absolute atomic E-state index is 12.2. The van der Waals surface area contributed by atoms with Crippen molar-refractivity contribution in [2.45, 2.75) is 28.4 Å². The van der Waals surface area contributed by atoms with E-state index in [1.54, 1.807) is 12.1 Å². The van der Waals surface area contributed by atoms with Crippen molar-refractivity contribution in [2.75, 3.05) is 18.1 Å². The molecule has 2 aliphatic rings. The minimum absolute atomic E-state index is 0.0659. The second-order valence-corrected chi connectivity index (χ2v) is 8.61. The van der Waals surface area contributed by atoms with Crippen molar-refractivity contribution >= 4 is 21.6 Å². The molecule has 2 atom stereocenters. The lowest BCUT2D eigenvalue weighted by molar-refractivity contribution is 0.491. The van der Waals surface area contributed by atoms with Crippen LogP contribution in [0, 0.1) is 0 Å². The summed E-state index contributed by atoms with van der Waals surface area (Å²) in [6.07, 6.45) is 2.17. The molecule has 0 amide bonds. The van der Waals surface area contributed by atoms with Crippen LogP contribution in [0.2, 0.25) is 0 Å². The molecule has 2 aliphatic heterocycles. The molecule has 0 spiro atoms. The summed E-state index contributed by atoms with van der Waals surface area (Å²) < 4.78 is 24.4. The van der Waals surface area contributed by atoms with Crippen LogP contribution in [0.25, 0.3) is 0 Å². The van der Waals surface area contributed by atoms with Gasteiger partial charge in [0, 0.05) is 17.2 Å². The molecule has 2 N–H and O–H groups in total. The molecular formula is C13H17NO2S2.